The Hall–Kier alpha value is -1.62. The van der Waals surface area contributed by atoms with E-state index in [1.165, 1.54) is 6.08 Å². The Morgan fingerprint density at radius 1 is 1.69 bits per heavy atom. The molecule has 70 valence electrons. The number of aromatic nitrogens is 2. The average Bonchev–Trinajstić information content (AvgIpc) is 2.10. The SMILES string of the molecule is NCCC=Cc1c(O)nc[nH]c1=O. The molecule has 0 aliphatic carbocycles. The molecule has 0 saturated heterocycles. The van der Waals surface area contributed by atoms with Crippen molar-refractivity contribution in [3.8, 4) is 5.88 Å². The van der Waals surface area contributed by atoms with Crippen molar-refractivity contribution in [3.05, 3.63) is 28.3 Å². The van der Waals surface area contributed by atoms with Crippen molar-refractivity contribution in [2.45, 2.75) is 6.42 Å². The van der Waals surface area contributed by atoms with E-state index in [0.29, 0.717) is 13.0 Å². The van der Waals surface area contributed by atoms with Gasteiger partial charge in [-0.15, -0.1) is 0 Å². The van der Waals surface area contributed by atoms with Crippen molar-refractivity contribution in [1.82, 2.24) is 9.97 Å². The van der Waals surface area contributed by atoms with Gasteiger partial charge in [-0.1, -0.05) is 6.08 Å². The van der Waals surface area contributed by atoms with Crippen LogP contribution in [0.2, 0.25) is 0 Å². The van der Waals surface area contributed by atoms with Crippen LogP contribution in [0.3, 0.4) is 0 Å². The standard InChI is InChI=1S/C8H11N3O2/c9-4-2-1-3-6-7(12)10-5-11-8(6)13/h1,3,5H,2,4,9H2,(H2,10,11,12,13). The Labute approximate surface area is 74.9 Å². The first kappa shape index (κ1) is 9.47. The fraction of sp³-hybridized carbons (Fsp3) is 0.250. The smallest absolute Gasteiger partial charge is 0.261 e. The van der Waals surface area contributed by atoms with E-state index in [-0.39, 0.29) is 17.0 Å². The van der Waals surface area contributed by atoms with Gasteiger partial charge in [-0.2, -0.15) is 0 Å². The Bertz CT molecular complexity index is 357. The Kier molecular flexibility index (Phi) is 3.22. The number of rotatable bonds is 3. The first-order chi connectivity index (χ1) is 6.25. The van der Waals surface area contributed by atoms with Crippen LogP contribution in [0.15, 0.2) is 17.2 Å². The number of hydrogen-bond acceptors (Lipinski definition) is 4. The summed E-state index contributed by atoms with van der Waals surface area (Å²) in [6.45, 7) is 0.509. The highest BCUT2D eigenvalue weighted by Crippen LogP contribution is 2.07. The Morgan fingerprint density at radius 2 is 2.46 bits per heavy atom. The highest BCUT2D eigenvalue weighted by molar-refractivity contribution is 5.52. The van der Waals surface area contributed by atoms with Crippen molar-refractivity contribution in [2.75, 3.05) is 6.54 Å². The van der Waals surface area contributed by atoms with Crippen LogP contribution >= 0.6 is 0 Å². The molecule has 5 heteroatoms. The lowest BCUT2D eigenvalue weighted by atomic mass is 10.2. The lowest BCUT2D eigenvalue weighted by molar-refractivity contribution is 0.449. The highest BCUT2D eigenvalue weighted by Gasteiger charge is 2.01. The molecule has 1 heterocycles. The second-order valence-electron chi connectivity index (χ2n) is 2.45. The van der Waals surface area contributed by atoms with Crippen LogP contribution in [0, 0.1) is 0 Å². The maximum atomic E-state index is 11.1. The maximum absolute atomic E-state index is 11.1. The van der Waals surface area contributed by atoms with Gasteiger partial charge in [-0.05, 0) is 19.0 Å². The van der Waals surface area contributed by atoms with Crippen molar-refractivity contribution in [2.24, 2.45) is 5.73 Å². The normalized spacial score (nSPS) is 10.8. The van der Waals surface area contributed by atoms with E-state index >= 15 is 0 Å². The molecule has 0 aliphatic heterocycles. The van der Waals surface area contributed by atoms with Crippen LogP contribution in [0.25, 0.3) is 6.08 Å². The lowest BCUT2D eigenvalue weighted by Crippen LogP contribution is -2.09. The summed E-state index contributed by atoms with van der Waals surface area (Å²) in [4.78, 5) is 17.0. The molecule has 4 N–H and O–H groups in total. The number of H-pyrrole nitrogens is 1. The lowest BCUT2D eigenvalue weighted by Gasteiger charge is -1.94. The number of hydrogen-bond donors (Lipinski definition) is 3. The van der Waals surface area contributed by atoms with Gasteiger partial charge in [0.1, 0.15) is 5.56 Å². The van der Waals surface area contributed by atoms with Crippen molar-refractivity contribution < 1.29 is 5.11 Å². The molecular formula is C8H11N3O2. The van der Waals surface area contributed by atoms with Gasteiger partial charge in [0.25, 0.3) is 5.56 Å². The molecule has 0 aromatic carbocycles. The summed E-state index contributed by atoms with van der Waals surface area (Å²) in [6.07, 6.45) is 5.03. The van der Waals surface area contributed by atoms with Gasteiger partial charge in [-0.3, -0.25) is 4.79 Å². The molecule has 0 fully saturated rings. The molecule has 5 nitrogen and oxygen atoms in total. The summed E-state index contributed by atoms with van der Waals surface area (Å²) >= 11 is 0. The Morgan fingerprint density at radius 3 is 3.08 bits per heavy atom. The molecule has 0 saturated carbocycles. The molecule has 1 aromatic rings. The third-order valence-corrected chi connectivity index (χ3v) is 1.49. The first-order valence-electron chi connectivity index (χ1n) is 3.89. The molecule has 0 spiro atoms. The minimum atomic E-state index is -0.360. The molecule has 0 bridgehead atoms. The molecule has 0 atom stereocenters. The third kappa shape index (κ3) is 2.41. The largest absolute Gasteiger partial charge is 0.493 e. The van der Waals surface area contributed by atoms with Crippen LogP contribution in [0.4, 0.5) is 0 Å². The second-order valence-corrected chi connectivity index (χ2v) is 2.45. The third-order valence-electron chi connectivity index (χ3n) is 1.49. The average molecular weight is 181 g/mol. The predicted octanol–water partition coefficient (Wildman–Crippen LogP) is -0.162. The molecule has 1 aromatic heterocycles. The van der Waals surface area contributed by atoms with E-state index in [9.17, 15) is 9.90 Å². The number of aromatic hydroxyl groups is 1. The number of nitrogens with two attached hydrogens (primary N) is 1. The fourth-order valence-electron chi connectivity index (χ4n) is 0.849. The topological polar surface area (TPSA) is 92.0 Å². The zero-order chi connectivity index (χ0) is 9.68. The van der Waals surface area contributed by atoms with Gasteiger partial charge in [0, 0.05) is 0 Å². The van der Waals surface area contributed by atoms with E-state index in [0.717, 1.165) is 6.33 Å². The molecule has 0 aliphatic rings. The summed E-state index contributed by atoms with van der Waals surface area (Å²) in [5.41, 5.74) is 5.06. The fourth-order valence-corrected chi connectivity index (χ4v) is 0.849. The summed E-state index contributed by atoms with van der Waals surface area (Å²) < 4.78 is 0. The van der Waals surface area contributed by atoms with Gasteiger partial charge in [-0.25, -0.2) is 4.98 Å². The number of nitrogens with one attached hydrogen (secondary N) is 1. The summed E-state index contributed by atoms with van der Waals surface area (Å²) in [7, 11) is 0. The molecule has 1 rings (SSSR count). The molecular weight excluding hydrogens is 170 g/mol. The second kappa shape index (κ2) is 4.42. The van der Waals surface area contributed by atoms with Crippen molar-refractivity contribution >= 4 is 6.08 Å². The van der Waals surface area contributed by atoms with Gasteiger partial charge >= 0.3 is 0 Å². The van der Waals surface area contributed by atoms with Crippen LogP contribution in [0.5, 0.6) is 5.88 Å². The van der Waals surface area contributed by atoms with Crippen LogP contribution in [-0.2, 0) is 0 Å². The van der Waals surface area contributed by atoms with Gasteiger partial charge < -0.3 is 15.8 Å². The minimum Gasteiger partial charge on any atom is -0.493 e. The zero-order valence-corrected chi connectivity index (χ0v) is 7.03. The van der Waals surface area contributed by atoms with Gasteiger partial charge in [0.05, 0.1) is 6.33 Å². The predicted molar refractivity (Wildman–Crippen MR) is 49.2 cm³/mol. The molecule has 13 heavy (non-hydrogen) atoms. The number of nitrogens with zero attached hydrogens (tertiary/aromatic N) is 1. The zero-order valence-electron chi connectivity index (χ0n) is 7.03. The number of aromatic amines is 1. The van der Waals surface area contributed by atoms with E-state index in [1.54, 1.807) is 6.08 Å². The summed E-state index contributed by atoms with van der Waals surface area (Å²) in [5, 5.41) is 9.18. The van der Waals surface area contributed by atoms with E-state index in [4.69, 9.17) is 5.73 Å². The van der Waals surface area contributed by atoms with Crippen molar-refractivity contribution in [3.63, 3.8) is 0 Å². The van der Waals surface area contributed by atoms with Crippen LogP contribution in [0.1, 0.15) is 12.0 Å². The van der Waals surface area contributed by atoms with E-state index in [2.05, 4.69) is 9.97 Å². The van der Waals surface area contributed by atoms with E-state index in [1.807, 2.05) is 0 Å². The summed E-state index contributed by atoms with van der Waals surface area (Å²) in [5.74, 6) is -0.267. The van der Waals surface area contributed by atoms with Crippen molar-refractivity contribution in [1.29, 1.82) is 0 Å². The van der Waals surface area contributed by atoms with Crippen LogP contribution < -0.4 is 11.3 Å². The highest BCUT2D eigenvalue weighted by atomic mass is 16.3. The van der Waals surface area contributed by atoms with Gasteiger partial charge in [0.2, 0.25) is 5.88 Å². The minimum absolute atomic E-state index is 0.163. The Balaban J connectivity index is 2.94. The van der Waals surface area contributed by atoms with E-state index < -0.39 is 0 Å². The quantitative estimate of drug-likeness (QED) is 0.604. The monoisotopic (exact) mass is 181 g/mol. The molecule has 0 radical (unpaired) electrons. The van der Waals surface area contributed by atoms with Crippen LogP contribution in [-0.4, -0.2) is 21.6 Å². The maximum Gasteiger partial charge on any atom is 0.261 e. The first-order valence-corrected chi connectivity index (χ1v) is 3.89. The molecule has 0 amide bonds. The van der Waals surface area contributed by atoms with Gasteiger partial charge in [0.15, 0.2) is 0 Å². The molecule has 0 unspecified atom stereocenters. The summed E-state index contributed by atoms with van der Waals surface area (Å²) in [6, 6.07) is 0.